The van der Waals surface area contributed by atoms with E-state index in [-0.39, 0.29) is 60.7 Å². The van der Waals surface area contributed by atoms with E-state index in [0.717, 1.165) is 0 Å². The molecule has 0 fully saturated rings. The van der Waals surface area contributed by atoms with Gasteiger partial charge in [0.15, 0.2) is 0 Å². The number of carboxylic acids is 3. The standard InChI is InChI=1S/3C3H6O3.Nd/c3*1-6-2-3(4)5;/h3*2H2,1H3,(H,4,5);/q;;;+3/p-3. The Labute approximate surface area is 143 Å². The van der Waals surface area contributed by atoms with Crippen LogP contribution in [0.3, 0.4) is 0 Å². The van der Waals surface area contributed by atoms with Crippen molar-refractivity contribution >= 4 is 17.9 Å². The topological polar surface area (TPSA) is 148 Å². The predicted molar refractivity (Wildman–Crippen MR) is 50.6 cm³/mol. The summed E-state index contributed by atoms with van der Waals surface area (Å²) in [5, 5.41) is 28.1. The van der Waals surface area contributed by atoms with E-state index in [1.165, 1.54) is 21.3 Å². The molecule has 0 rings (SSSR count). The van der Waals surface area contributed by atoms with Crippen LogP contribution in [0.1, 0.15) is 0 Å². The Kier molecular flexibility index (Phi) is 32.5. The van der Waals surface area contributed by atoms with Gasteiger partial charge in [0.25, 0.3) is 0 Å². The predicted octanol–water partition coefficient (Wildman–Crippen LogP) is -4.85. The molecule has 0 aromatic carbocycles. The molecule has 0 aliphatic rings. The van der Waals surface area contributed by atoms with Crippen molar-refractivity contribution in [3.05, 3.63) is 0 Å². The number of methoxy groups -OCH3 is 3. The van der Waals surface area contributed by atoms with Gasteiger partial charge < -0.3 is 43.9 Å². The molecule has 0 N–H and O–H groups in total. The zero-order chi connectivity index (χ0) is 15.0. The zero-order valence-electron chi connectivity index (χ0n) is 10.8. The van der Waals surface area contributed by atoms with Crippen molar-refractivity contribution in [2.45, 2.75) is 0 Å². The van der Waals surface area contributed by atoms with Gasteiger partial charge in [0, 0.05) is 21.3 Å². The normalized spacial score (nSPS) is 7.74. The van der Waals surface area contributed by atoms with Gasteiger partial charge >= 0.3 is 40.8 Å². The molecular formula is C9H15NdO9. The second-order valence-corrected chi connectivity index (χ2v) is 2.42. The number of carbonyl (C=O) groups is 3. The second kappa shape index (κ2) is 22.8. The number of hydrogen-bond donors (Lipinski definition) is 0. The summed E-state index contributed by atoms with van der Waals surface area (Å²) < 4.78 is 12.4. The summed E-state index contributed by atoms with van der Waals surface area (Å²) in [7, 11) is 3.90. The minimum atomic E-state index is -1.18. The molecule has 0 aliphatic carbocycles. The number of aliphatic carboxylic acids is 3. The van der Waals surface area contributed by atoms with E-state index >= 15 is 0 Å². The van der Waals surface area contributed by atoms with E-state index in [1.54, 1.807) is 0 Å². The van der Waals surface area contributed by atoms with Gasteiger partial charge in [-0.3, -0.25) is 0 Å². The maximum atomic E-state index is 9.36. The molecule has 0 saturated heterocycles. The van der Waals surface area contributed by atoms with Crippen molar-refractivity contribution in [3.63, 3.8) is 0 Å². The molecule has 1 radical (unpaired) electrons. The van der Waals surface area contributed by atoms with Gasteiger partial charge in [0.1, 0.15) is 0 Å². The van der Waals surface area contributed by atoms with Crippen molar-refractivity contribution < 1.29 is 84.8 Å². The van der Waals surface area contributed by atoms with Crippen LogP contribution < -0.4 is 15.3 Å². The summed E-state index contributed by atoms with van der Waals surface area (Å²) in [5.74, 6) is -3.55. The summed E-state index contributed by atoms with van der Waals surface area (Å²) >= 11 is 0. The Bertz CT molecular complexity index is 194. The Morgan fingerprint density at radius 3 is 0.842 bits per heavy atom. The van der Waals surface area contributed by atoms with Gasteiger partial charge in [-0.1, -0.05) is 0 Å². The molecule has 0 unspecified atom stereocenters. The first-order valence-electron chi connectivity index (χ1n) is 4.38. The molecule has 0 aliphatic heterocycles. The first-order chi connectivity index (χ1) is 8.31. The number of hydrogen-bond acceptors (Lipinski definition) is 9. The molecule has 0 heterocycles. The van der Waals surface area contributed by atoms with Gasteiger partial charge in [0.05, 0.1) is 37.7 Å². The Balaban J connectivity index is -0.0000000865. The fourth-order valence-corrected chi connectivity index (χ4v) is 0.354. The first kappa shape index (κ1) is 27.1. The van der Waals surface area contributed by atoms with Crippen LogP contribution in [0.4, 0.5) is 0 Å². The third-order valence-electron chi connectivity index (χ3n) is 0.787. The minimum Gasteiger partial charge on any atom is -0.548 e. The fourth-order valence-electron chi connectivity index (χ4n) is 0.354. The molecule has 0 atom stereocenters. The monoisotopic (exact) mass is 409 g/mol. The van der Waals surface area contributed by atoms with Gasteiger partial charge in [-0.15, -0.1) is 0 Å². The van der Waals surface area contributed by atoms with E-state index in [4.69, 9.17) is 0 Å². The SMILES string of the molecule is COCC(=O)[O-].COCC(=O)[O-].COCC(=O)[O-].[Nd+3]. The Hall–Kier alpha value is -0.359. The molecule has 19 heavy (non-hydrogen) atoms. The molecule has 0 aromatic rings. The summed E-state index contributed by atoms with van der Waals surface area (Å²) in [4.78, 5) is 28.1. The molecule has 0 spiro atoms. The number of carbonyl (C=O) groups excluding carboxylic acids is 3. The van der Waals surface area contributed by atoms with Crippen LogP contribution in [0, 0.1) is 40.8 Å². The maximum Gasteiger partial charge on any atom is 3.00 e. The van der Waals surface area contributed by atoms with Gasteiger partial charge in [-0.05, 0) is 0 Å². The Morgan fingerprint density at radius 2 is 0.842 bits per heavy atom. The van der Waals surface area contributed by atoms with Crippen LogP contribution in [0.25, 0.3) is 0 Å². The summed E-state index contributed by atoms with van der Waals surface area (Å²) in [6.45, 7) is -0.958. The maximum absolute atomic E-state index is 9.36. The largest absolute Gasteiger partial charge is 3.00 e. The van der Waals surface area contributed by atoms with Crippen molar-refractivity contribution in [2.75, 3.05) is 41.2 Å². The van der Waals surface area contributed by atoms with Crippen molar-refractivity contribution in [1.29, 1.82) is 0 Å². The quantitative estimate of drug-likeness (QED) is 0.419. The Morgan fingerprint density at radius 1 is 0.684 bits per heavy atom. The van der Waals surface area contributed by atoms with Gasteiger partial charge in [-0.2, -0.15) is 0 Å². The average molecular weight is 411 g/mol. The van der Waals surface area contributed by atoms with E-state index in [2.05, 4.69) is 14.2 Å². The summed E-state index contributed by atoms with van der Waals surface area (Å²) in [6, 6.07) is 0. The number of carboxylic acid groups (broad SMARTS) is 3. The molecular weight excluding hydrogens is 396 g/mol. The van der Waals surface area contributed by atoms with Crippen LogP contribution in [0.2, 0.25) is 0 Å². The zero-order valence-corrected chi connectivity index (χ0v) is 14.0. The summed E-state index contributed by atoms with van der Waals surface area (Å²) in [5.41, 5.74) is 0. The number of rotatable bonds is 6. The van der Waals surface area contributed by atoms with Crippen molar-refractivity contribution in [3.8, 4) is 0 Å². The molecule has 0 aromatic heterocycles. The van der Waals surface area contributed by atoms with E-state index < -0.39 is 17.9 Å². The van der Waals surface area contributed by atoms with Crippen LogP contribution in [0.15, 0.2) is 0 Å². The van der Waals surface area contributed by atoms with Crippen molar-refractivity contribution in [2.24, 2.45) is 0 Å². The third-order valence-corrected chi connectivity index (χ3v) is 0.787. The van der Waals surface area contributed by atoms with E-state index in [9.17, 15) is 29.7 Å². The van der Waals surface area contributed by atoms with E-state index in [1.807, 2.05) is 0 Å². The van der Waals surface area contributed by atoms with Gasteiger partial charge in [0.2, 0.25) is 0 Å². The molecule has 109 valence electrons. The van der Waals surface area contributed by atoms with Crippen molar-refractivity contribution in [1.82, 2.24) is 0 Å². The van der Waals surface area contributed by atoms with Gasteiger partial charge in [-0.25, -0.2) is 0 Å². The first-order valence-corrected chi connectivity index (χ1v) is 4.38. The van der Waals surface area contributed by atoms with Crippen LogP contribution in [-0.2, 0) is 28.6 Å². The summed E-state index contributed by atoms with van der Waals surface area (Å²) in [6.07, 6.45) is 0. The number of ether oxygens (including phenoxy) is 3. The molecule has 0 amide bonds. The molecule has 9 nitrogen and oxygen atoms in total. The fraction of sp³-hybridized carbons (Fsp3) is 0.667. The van der Waals surface area contributed by atoms with Crippen LogP contribution in [-0.4, -0.2) is 59.1 Å². The smallest absolute Gasteiger partial charge is 0.548 e. The second-order valence-electron chi connectivity index (χ2n) is 2.42. The van der Waals surface area contributed by atoms with E-state index in [0.29, 0.717) is 0 Å². The van der Waals surface area contributed by atoms with Crippen LogP contribution >= 0.6 is 0 Å². The van der Waals surface area contributed by atoms with Crippen LogP contribution in [0.5, 0.6) is 0 Å². The molecule has 10 heteroatoms. The minimum absolute atomic E-state index is 0. The average Bonchev–Trinajstić information content (AvgIpc) is 2.18. The third kappa shape index (κ3) is 57.8. The molecule has 0 saturated carbocycles. The molecule has 0 bridgehead atoms.